The fourth-order valence-corrected chi connectivity index (χ4v) is 2.82. The van der Waals surface area contributed by atoms with Crippen LogP contribution in [0.5, 0.6) is 0 Å². The summed E-state index contributed by atoms with van der Waals surface area (Å²) in [5, 5.41) is 3.13. The van der Waals surface area contributed by atoms with E-state index in [-0.39, 0.29) is 24.3 Å². The van der Waals surface area contributed by atoms with Crippen molar-refractivity contribution in [2.75, 3.05) is 16.8 Å². The smallest absolute Gasteiger partial charge is 0.415 e. The Kier molecular flexibility index (Phi) is 5.03. The monoisotopic (exact) mass is 364 g/mol. The number of rotatable bonds is 5. The predicted molar refractivity (Wildman–Crippen MR) is 93.2 cm³/mol. The summed E-state index contributed by atoms with van der Waals surface area (Å²) >= 11 is 5.68. The van der Waals surface area contributed by atoms with Crippen LogP contribution in [-0.2, 0) is 17.2 Å². The molecule has 132 valence electrons. The van der Waals surface area contributed by atoms with Crippen molar-refractivity contribution in [3.8, 4) is 0 Å². The van der Waals surface area contributed by atoms with Crippen molar-refractivity contribution < 1.29 is 13.9 Å². The molecule has 2 heterocycles. The van der Waals surface area contributed by atoms with Crippen LogP contribution < -0.4 is 10.2 Å². The van der Waals surface area contributed by atoms with E-state index in [1.807, 2.05) is 19.9 Å². The molecular weight excluding hydrogens is 347 g/mol. The van der Waals surface area contributed by atoms with Crippen LogP contribution in [0.4, 0.5) is 21.0 Å². The second-order valence-electron chi connectivity index (χ2n) is 5.69. The molecule has 0 spiro atoms. The summed E-state index contributed by atoms with van der Waals surface area (Å²) in [5.41, 5.74) is 1.95. The largest absolute Gasteiger partial charge is 0.444 e. The van der Waals surface area contributed by atoms with E-state index >= 15 is 0 Å². The van der Waals surface area contributed by atoms with Gasteiger partial charge < -0.3 is 10.1 Å². The highest BCUT2D eigenvalue weighted by Gasteiger charge is 2.26. The number of nitrogens with zero attached hydrogens (tertiary/aromatic N) is 3. The van der Waals surface area contributed by atoms with Crippen molar-refractivity contribution in [1.82, 2.24) is 9.97 Å². The first-order valence-electron chi connectivity index (χ1n) is 7.94. The molecule has 0 unspecified atom stereocenters. The molecule has 0 fully saturated rings. The number of nitrogens with one attached hydrogen (secondary N) is 1. The molecule has 1 atom stereocenters. The fourth-order valence-electron chi connectivity index (χ4n) is 2.60. The molecule has 1 aliphatic heterocycles. The minimum absolute atomic E-state index is 0.130. The van der Waals surface area contributed by atoms with Crippen LogP contribution in [0.1, 0.15) is 36.6 Å². The zero-order valence-electron chi connectivity index (χ0n) is 13.9. The molecule has 0 saturated heterocycles. The van der Waals surface area contributed by atoms with Gasteiger partial charge in [0.1, 0.15) is 18.2 Å². The molecule has 6 nitrogen and oxygen atoms in total. The summed E-state index contributed by atoms with van der Waals surface area (Å²) in [6, 6.07) is 4.71. The molecule has 1 aliphatic rings. The number of halogens is 2. The van der Waals surface area contributed by atoms with E-state index in [4.69, 9.17) is 16.3 Å². The minimum atomic E-state index is -0.425. The zero-order valence-corrected chi connectivity index (χ0v) is 14.7. The number of fused-ring (bicyclic) bond motifs is 1. The summed E-state index contributed by atoms with van der Waals surface area (Å²) in [6.45, 7) is 4.33. The van der Waals surface area contributed by atoms with Crippen molar-refractivity contribution in [3.05, 3.63) is 46.9 Å². The third-order valence-electron chi connectivity index (χ3n) is 4.05. The number of amides is 1. The lowest BCUT2D eigenvalue weighted by molar-refractivity contribution is 0.141. The molecular formula is C17H18ClFN4O2. The molecule has 3 rings (SSSR count). The first-order valence-corrected chi connectivity index (χ1v) is 8.48. The van der Waals surface area contributed by atoms with E-state index in [9.17, 15) is 9.18 Å². The van der Waals surface area contributed by atoms with Crippen molar-refractivity contribution >= 4 is 29.5 Å². The van der Waals surface area contributed by atoms with Gasteiger partial charge in [-0.25, -0.2) is 14.2 Å². The Labute approximate surface area is 150 Å². The van der Waals surface area contributed by atoms with E-state index in [1.54, 1.807) is 12.3 Å². The second kappa shape index (κ2) is 7.23. The van der Waals surface area contributed by atoms with E-state index in [2.05, 4.69) is 15.3 Å². The maximum Gasteiger partial charge on any atom is 0.415 e. The summed E-state index contributed by atoms with van der Waals surface area (Å²) in [7, 11) is 0. The summed E-state index contributed by atoms with van der Waals surface area (Å²) < 4.78 is 19.0. The van der Waals surface area contributed by atoms with Gasteiger partial charge in [-0.15, -0.1) is 11.6 Å². The van der Waals surface area contributed by atoms with Crippen LogP contribution in [0.15, 0.2) is 24.4 Å². The van der Waals surface area contributed by atoms with Gasteiger partial charge in [0.25, 0.3) is 0 Å². The number of alkyl halides is 1. The first-order chi connectivity index (χ1) is 12.0. The number of hydrogen-bond donors (Lipinski definition) is 1. The number of cyclic esters (lactones) is 1. The number of ether oxygens (including phenoxy) is 1. The fraction of sp³-hybridized carbons (Fsp3) is 0.353. The third kappa shape index (κ3) is 3.51. The Balaban J connectivity index is 1.82. The standard InChI is InChI=1S/C17H18ClFN4O2/c1-3-23-15-13(9-25-17(23)24)8-20-16(22-15)21-10(2)11-4-5-12(7-18)14(19)6-11/h4-6,8,10H,3,7,9H2,1-2H3,(H,20,21,22)/t10-/m0/s1. The molecule has 25 heavy (non-hydrogen) atoms. The molecule has 1 amide bonds. The highest BCUT2D eigenvalue weighted by Crippen LogP contribution is 2.27. The predicted octanol–water partition coefficient (Wildman–Crippen LogP) is 4.00. The average molecular weight is 365 g/mol. The Morgan fingerprint density at radius 3 is 2.96 bits per heavy atom. The Hall–Kier alpha value is -2.41. The lowest BCUT2D eigenvalue weighted by atomic mass is 10.1. The van der Waals surface area contributed by atoms with Crippen LogP contribution in [0, 0.1) is 5.82 Å². The van der Waals surface area contributed by atoms with Gasteiger partial charge in [-0.2, -0.15) is 4.98 Å². The highest BCUT2D eigenvalue weighted by molar-refractivity contribution is 6.17. The van der Waals surface area contributed by atoms with Gasteiger partial charge in [0.15, 0.2) is 0 Å². The van der Waals surface area contributed by atoms with Gasteiger partial charge in [0, 0.05) is 18.3 Å². The molecule has 0 aliphatic carbocycles. The molecule has 1 aromatic heterocycles. The van der Waals surface area contributed by atoms with E-state index in [0.29, 0.717) is 23.9 Å². The van der Waals surface area contributed by atoms with Gasteiger partial charge in [-0.3, -0.25) is 4.90 Å². The number of carbonyl (C=O) groups excluding carboxylic acids is 1. The van der Waals surface area contributed by atoms with E-state index in [1.165, 1.54) is 11.0 Å². The van der Waals surface area contributed by atoms with Gasteiger partial charge in [-0.1, -0.05) is 12.1 Å². The number of aromatic nitrogens is 2. The van der Waals surface area contributed by atoms with Crippen molar-refractivity contribution in [1.29, 1.82) is 0 Å². The van der Waals surface area contributed by atoms with Gasteiger partial charge in [0.05, 0.1) is 17.5 Å². The molecule has 8 heteroatoms. The summed E-state index contributed by atoms with van der Waals surface area (Å²) in [6.07, 6.45) is 1.20. The van der Waals surface area contributed by atoms with Gasteiger partial charge >= 0.3 is 6.09 Å². The molecule has 2 aromatic rings. The maximum atomic E-state index is 13.9. The summed E-state index contributed by atoms with van der Waals surface area (Å²) in [4.78, 5) is 21.9. The molecule has 0 saturated carbocycles. The van der Waals surface area contributed by atoms with Crippen LogP contribution >= 0.6 is 11.6 Å². The zero-order chi connectivity index (χ0) is 18.0. The average Bonchev–Trinajstić information content (AvgIpc) is 2.61. The number of carbonyl (C=O) groups is 1. The first kappa shape index (κ1) is 17.4. The number of anilines is 2. The lowest BCUT2D eigenvalue weighted by Crippen LogP contribution is -2.36. The van der Waals surface area contributed by atoms with Crippen molar-refractivity contribution in [2.45, 2.75) is 32.4 Å². The normalized spacial score (nSPS) is 14.7. The van der Waals surface area contributed by atoms with Crippen LogP contribution in [0.2, 0.25) is 0 Å². The van der Waals surface area contributed by atoms with Crippen LogP contribution in [-0.4, -0.2) is 22.6 Å². The quantitative estimate of drug-likeness (QED) is 0.812. The van der Waals surface area contributed by atoms with Gasteiger partial charge in [0.2, 0.25) is 5.95 Å². The molecule has 0 radical (unpaired) electrons. The Morgan fingerprint density at radius 1 is 1.48 bits per heavy atom. The number of benzene rings is 1. The third-order valence-corrected chi connectivity index (χ3v) is 4.34. The van der Waals surface area contributed by atoms with Crippen LogP contribution in [0.25, 0.3) is 0 Å². The minimum Gasteiger partial charge on any atom is -0.444 e. The molecule has 1 aromatic carbocycles. The van der Waals surface area contributed by atoms with E-state index < -0.39 is 6.09 Å². The Bertz CT molecular complexity index is 802. The SMILES string of the molecule is CCN1C(=O)OCc2cnc(N[C@@H](C)c3ccc(CCl)c(F)c3)nc21. The Morgan fingerprint density at radius 2 is 2.28 bits per heavy atom. The molecule has 0 bridgehead atoms. The topological polar surface area (TPSA) is 67.4 Å². The van der Waals surface area contributed by atoms with Crippen molar-refractivity contribution in [3.63, 3.8) is 0 Å². The van der Waals surface area contributed by atoms with E-state index in [0.717, 1.165) is 11.1 Å². The second-order valence-corrected chi connectivity index (χ2v) is 5.96. The lowest BCUT2D eigenvalue weighted by Gasteiger charge is -2.27. The summed E-state index contributed by atoms with van der Waals surface area (Å²) in [5.74, 6) is 0.686. The van der Waals surface area contributed by atoms with Gasteiger partial charge in [-0.05, 0) is 25.5 Å². The highest BCUT2D eigenvalue weighted by atomic mass is 35.5. The number of hydrogen-bond acceptors (Lipinski definition) is 5. The maximum absolute atomic E-state index is 13.9. The molecule has 1 N–H and O–H groups in total. The van der Waals surface area contributed by atoms with Crippen LogP contribution in [0.3, 0.4) is 0 Å². The van der Waals surface area contributed by atoms with Crippen molar-refractivity contribution in [2.24, 2.45) is 0 Å².